The number of aromatic nitrogens is 4. The number of para-hydroxylation sites is 1. The lowest BCUT2D eigenvalue weighted by Crippen LogP contribution is -2.34. The van der Waals surface area contributed by atoms with Gasteiger partial charge in [-0.1, -0.05) is 29.3 Å². The summed E-state index contributed by atoms with van der Waals surface area (Å²) < 4.78 is 1.64. The summed E-state index contributed by atoms with van der Waals surface area (Å²) >= 11 is 12.2. The summed E-state index contributed by atoms with van der Waals surface area (Å²) in [5.74, 6) is 1.10. The van der Waals surface area contributed by atoms with E-state index in [9.17, 15) is 4.79 Å². The highest BCUT2D eigenvalue weighted by molar-refractivity contribution is 6.39. The number of anilines is 2. The Labute approximate surface area is 154 Å². The number of fused-ring (bicyclic) bond motifs is 1. The van der Waals surface area contributed by atoms with Gasteiger partial charge in [-0.2, -0.15) is 4.52 Å². The van der Waals surface area contributed by atoms with Gasteiger partial charge < -0.3 is 10.2 Å². The number of benzene rings is 1. The first kappa shape index (κ1) is 17.4. The maximum absolute atomic E-state index is 12.4. The second-order valence-corrected chi connectivity index (χ2v) is 6.18. The van der Waals surface area contributed by atoms with Gasteiger partial charge in [0, 0.05) is 6.54 Å². The molecule has 9 heteroatoms. The summed E-state index contributed by atoms with van der Waals surface area (Å²) in [6.45, 7) is 4.47. The molecule has 0 spiro atoms. The fourth-order valence-corrected chi connectivity index (χ4v) is 2.87. The molecule has 0 saturated heterocycles. The number of carbonyl (C=O) groups is 1. The molecule has 3 aromatic rings. The standard InChI is InChI=1S/C16H16Cl2N6O/c1-3-23(14-8-7-13-21-20-10(2)24(13)22-14)9-15(25)19-16-11(17)5-4-6-12(16)18/h4-8H,3,9H2,1-2H3,(H,19,25). The molecule has 25 heavy (non-hydrogen) atoms. The third kappa shape index (κ3) is 3.67. The average molecular weight is 379 g/mol. The number of nitrogens with zero attached hydrogens (tertiary/aromatic N) is 5. The van der Waals surface area contributed by atoms with E-state index in [2.05, 4.69) is 20.6 Å². The molecular weight excluding hydrogens is 363 g/mol. The molecule has 130 valence electrons. The number of rotatable bonds is 5. The second kappa shape index (κ2) is 7.25. The van der Waals surface area contributed by atoms with Crippen molar-refractivity contribution in [2.45, 2.75) is 13.8 Å². The van der Waals surface area contributed by atoms with Crippen LogP contribution in [0.2, 0.25) is 10.0 Å². The van der Waals surface area contributed by atoms with E-state index >= 15 is 0 Å². The highest BCUT2D eigenvalue weighted by atomic mass is 35.5. The van der Waals surface area contributed by atoms with Crippen molar-refractivity contribution < 1.29 is 4.79 Å². The Morgan fingerprint density at radius 1 is 1.20 bits per heavy atom. The minimum absolute atomic E-state index is 0.109. The molecule has 3 rings (SSSR count). The largest absolute Gasteiger partial charge is 0.346 e. The smallest absolute Gasteiger partial charge is 0.244 e. The van der Waals surface area contributed by atoms with Crippen molar-refractivity contribution in [3.05, 3.63) is 46.2 Å². The zero-order valence-electron chi connectivity index (χ0n) is 13.7. The first-order valence-corrected chi connectivity index (χ1v) is 8.43. The van der Waals surface area contributed by atoms with E-state index in [0.29, 0.717) is 39.6 Å². The number of aryl methyl sites for hydroxylation is 1. The molecule has 7 nitrogen and oxygen atoms in total. The topological polar surface area (TPSA) is 75.4 Å². The predicted octanol–water partition coefficient (Wildman–Crippen LogP) is 3.20. The molecule has 0 aliphatic rings. The van der Waals surface area contributed by atoms with Crippen molar-refractivity contribution in [2.24, 2.45) is 0 Å². The molecule has 2 aromatic heterocycles. The van der Waals surface area contributed by atoms with Gasteiger partial charge in [-0.3, -0.25) is 4.79 Å². The van der Waals surface area contributed by atoms with Crippen LogP contribution in [0.5, 0.6) is 0 Å². The summed E-state index contributed by atoms with van der Waals surface area (Å²) in [6, 6.07) is 8.69. The zero-order chi connectivity index (χ0) is 18.0. The van der Waals surface area contributed by atoms with Crippen molar-refractivity contribution in [3.8, 4) is 0 Å². The lowest BCUT2D eigenvalue weighted by atomic mass is 10.3. The van der Waals surface area contributed by atoms with Crippen molar-refractivity contribution in [1.82, 2.24) is 19.8 Å². The van der Waals surface area contributed by atoms with Crippen LogP contribution in [0.1, 0.15) is 12.7 Å². The number of carbonyl (C=O) groups excluding carboxylic acids is 1. The minimum atomic E-state index is -0.237. The van der Waals surface area contributed by atoms with E-state index in [4.69, 9.17) is 23.2 Å². The molecule has 0 aliphatic heterocycles. The minimum Gasteiger partial charge on any atom is -0.346 e. The number of hydrogen-bond donors (Lipinski definition) is 1. The lowest BCUT2D eigenvalue weighted by Gasteiger charge is -2.21. The van der Waals surface area contributed by atoms with Gasteiger partial charge in [0.25, 0.3) is 0 Å². The van der Waals surface area contributed by atoms with E-state index < -0.39 is 0 Å². The Kier molecular flexibility index (Phi) is 5.06. The Bertz CT molecular complexity index is 906. The fraction of sp³-hybridized carbons (Fsp3) is 0.250. The maximum Gasteiger partial charge on any atom is 0.244 e. The number of likely N-dealkylation sites (N-methyl/N-ethyl adjacent to an activating group) is 1. The van der Waals surface area contributed by atoms with Gasteiger partial charge in [0.05, 0.1) is 22.3 Å². The van der Waals surface area contributed by atoms with Crippen LogP contribution < -0.4 is 10.2 Å². The molecule has 0 aliphatic carbocycles. The molecule has 1 N–H and O–H groups in total. The molecule has 0 saturated carbocycles. The summed E-state index contributed by atoms with van der Waals surface area (Å²) in [5, 5.41) is 16.0. The van der Waals surface area contributed by atoms with Crippen LogP contribution in [0.15, 0.2) is 30.3 Å². The summed E-state index contributed by atoms with van der Waals surface area (Å²) in [5.41, 5.74) is 1.06. The highest BCUT2D eigenvalue weighted by Crippen LogP contribution is 2.29. The number of hydrogen-bond acceptors (Lipinski definition) is 5. The first-order valence-electron chi connectivity index (χ1n) is 7.67. The van der Waals surface area contributed by atoms with Crippen molar-refractivity contribution >= 4 is 46.3 Å². The third-order valence-corrected chi connectivity index (χ3v) is 4.30. The Balaban J connectivity index is 1.78. The van der Waals surface area contributed by atoms with Crippen LogP contribution in [-0.4, -0.2) is 38.8 Å². The third-order valence-electron chi connectivity index (χ3n) is 3.67. The Morgan fingerprint density at radius 2 is 1.92 bits per heavy atom. The van der Waals surface area contributed by atoms with Gasteiger partial charge in [0.15, 0.2) is 11.5 Å². The zero-order valence-corrected chi connectivity index (χ0v) is 15.2. The van der Waals surface area contributed by atoms with Crippen molar-refractivity contribution in [2.75, 3.05) is 23.3 Å². The van der Waals surface area contributed by atoms with E-state index in [1.807, 2.05) is 30.9 Å². The van der Waals surface area contributed by atoms with Crippen LogP contribution in [0.25, 0.3) is 5.65 Å². The van der Waals surface area contributed by atoms with Crippen LogP contribution in [0.4, 0.5) is 11.5 Å². The molecule has 0 unspecified atom stereocenters. The average Bonchev–Trinajstić information content (AvgIpc) is 2.97. The highest BCUT2D eigenvalue weighted by Gasteiger charge is 2.15. The van der Waals surface area contributed by atoms with Crippen LogP contribution in [-0.2, 0) is 4.79 Å². The molecule has 0 atom stereocenters. The van der Waals surface area contributed by atoms with Gasteiger partial charge in [-0.15, -0.1) is 15.3 Å². The van der Waals surface area contributed by atoms with Crippen LogP contribution in [0.3, 0.4) is 0 Å². The molecule has 0 fully saturated rings. The quantitative estimate of drug-likeness (QED) is 0.737. The molecular formula is C16H16Cl2N6O. The normalized spacial score (nSPS) is 10.9. The number of halogens is 2. The Hall–Kier alpha value is -2.38. The molecule has 0 radical (unpaired) electrons. The van der Waals surface area contributed by atoms with Gasteiger partial charge >= 0.3 is 0 Å². The summed E-state index contributed by atoms with van der Waals surface area (Å²) in [6.07, 6.45) is 0. The van der Waals surface area contributed by atoms with Crippen molar-refractivity contribution in [3.63, 3.8) is 0 Å². The maximum atomic E-state index is 12.4. The molecule has 1 amide bonds. The number of amides is 1. The van der Waals surface area contributed by atoms with E-state index in [1.165, 1.54) is 0 Å². The SMILES string of the molecule is CCN(CC(=O)Nc1c(Cl)cccc1Cl)c1ccc2nnc(C)n2n1. The summed E-state index contributed by atoms with van der Waals surface area (Å²) in [4.78, 5) is 14.2. The number of nitrogens with one attached hydrogen (secondary N) is 1. The lowest BCUT2D eigenvalue weighted by molar-refractivity contribution is -0.115. The monoisotopic (exact) mass is 378 g/mol. The van der Waals surface area contributed by atoms with Crippen LogP contribution in [0, 0.1) is 6.92 Å². The molecule has 1 aromatic carbocycles. The molecule has 0 bridgehead atoms. The van der Waals surface area contributed by atoms with Crippen LogP contribution >= 0.6 is 23.2 Å². The summed E-state index contributed by atoms with van der Waals surface area (Å²) in [7, 11) is 0. The van der Waals surface area contributed by atoms with E-state index in [0.717, 1.165) is 0 Å². The second-order valence-electron chi connectivity index (χ2n) is 5.37. The van der Waals surface area contributed by atoms with Gasteiger partial charge in [-0.25, -0.2) is 0 Å². The Morgan fingerprint density at radius 3 is 2.60 bits per heavy atom. The van der Waals surface area contributed by atoms with E-state index in [1.54, 1.807) is 22.7 Å². The fourth-order valence-electron chi connectivity index (χ4n) is 2.38. The van der Waals surface area contributed by atoms with Gasteiger partial charge in [0.2, 0.25) is 5.91 Å². The van der Waals surface area contributed by atoms with Gasteiger partial charge in [-0.05, 0) is 38.1 Å². The van der Waals surface area contributed by atoms with E-state index in [-0.39, 0.29) is 12.5 Å². The predicted molar refractivity (Wildman–Crippen MR) is 98.5 cm³/mol. The van der Waals surface area contributed by atoms with Gasteiger partial charge in [0.1, 0.15) is 5.82 Å². The van der Waals surface area contributed by atoms with Crippen molar-refractivity contribution in [1.29, 1.82) is 0 Å². The molecule has 2 heterocycles. The first-order chi connectivity index (χ1) is 12.0.